The van der Waals surface area contributed by atoms with Gasteiger partial charge in [-0.2, -0.15) is 0 Å². The maximum atomic E-state index is 6.31. The lowest BCUT2D eigenvalue weighted by Gasteiger charge is -2.25. The van der Waals surface area contributed by atoms with Gasteiger partial charge in [0.15, 0.2) is 0 Å². The molecule has 0 aliphatic rings. The van der Waals surface area contributed by atoms with Crippen molar-refractivity contribution in [3.05, 3.63) is 182 Å². The van der Waals surface area contributed by atoms with Crippen molar-refractivity contribution in [2.45, 2.75) is 0 Å². The SMILES string of the molecule is c1ccc(N(c2ccc3c(c2)oc2ccccc23)c2ccc3c(c2)sc2ccc(-c4ccc5c(c4)c4ccccc4n5-c4ccccc4)cc23)cc1. The molecule has 8 aromatic carbocycles. The van der Waals surface area contributed by atoms with Gasteiger partial charge < -0.3 is 13.9 Å². The van der Waals surface area contributed by atoms with Crippen molar-refractivity contribution >= 4 is 92.3 Å². The molecule has 0 saturated carbocycles. The van der Waals surface area contributed by atoms with Gasteiger partial charge in [0.2, 0.25) is 0 Å². The van der Waals surface area contributed by atoms with Gasteiger partial charge >= 0.3 is 0 Å². The number of nitrogens with zero attached hydrogens (tertiary/aromatic N) is 2. The second kappa shape index (κ2) is 11.5. The van der Waals surface area contributed by atoms with E-state index in [1.165, 1.54) is 58.8 Å². The summed E-state index contributed by atoms with van der Waals surface area (Å²) < 4.78 is 11.2. The Bertz CT molecular complexity index is 3130. The highest BCUT2D eigenvalue weighted by Gasteiger charge is 2.18. The van der Waals surface area contributed by atoms with Crippen LogP contribution in [0, 0.1) is 0 Å². The summed E-state index contributed by atoms with van der Waals surface area (Å²) in [4.78, 5) is 2.32. The van der Waals surface area contributed by atoms with Crippen molar-refractivity contribution in [2.24, 2.45) is 0 Å². The van der Waals surface area contributed by atoms with E-state index >= 15 is 0 Å². The third kappa shape index (κ3) is 4.51. The number of para-hydroxylation sites is 4. The molecule has 11 rings (SSSR count). The van der Waals surface area contributed by atoms with Gasteiger partial charge in [0.05, 0.1) is 11.0 Å². The van der Waals surface area contributed by atoms with E-state index < -0.39 is 0 Å². The van der Waals surface area contributed by atoms with Crippen molar-refractivity contribution in [3.8, 4) is 16.8 Å². The van der Waals surface area contributed by atoms with Gasteiger partial charge in [-0.05, 0) is 96.1 Å². The summed E-state index contributed by atoms with van der Waals surface area (Å²) in [6, 6.07) is 65.5. The van der Waals surface area contributed by atoms with Crippen LogP contribution in [0.2, 0.25) is 0 Å². The first-order chi connectivity index (χ1) is 25.8. The topological polar surface area (TPSA) is 21.3 Å². The number of anilines is 3. The number of hydrogen-bond acceptors (Lipinski definition) is 3. The van der Waals surface area contributed by atoms with Crippen LogP contribution in [-0.4, -0.2) is 4.57 Å². The van der Waals surface area contributed by atoms with E-state index in [0.29, 0.717) is 0 Å². The minimum atomic E-state index is 0.887. The predicted molar refractivity (Wildman–Crippen MR) is 221 cm³/mol. The molecule has 0 saturated heterocycles. The van der Waals surface area contributed by atoms with E-state index in [0.717, 1.165) is 39.0 Å². The highest BCUT2D eigenvalue weighted by molar-refractivity contribution is 7.25. The Hall–Kier alpha value is -6.62. The van der Waals surface area contributed by atoms with Crippen LogP contribution in [0.25, 0.3) is 80.7 Å². The molecule has 4 heteroatoms. The highest BCUT2D eigenvalue weighted by Crippen LogP contribution is 2.43. The predicted octanol–water partition coefficient (Wildman–Crippen LogP) is 14.2. The number of aromatic nitrogens is 1. The fourth-order valence-corrected chi connectivity index (χ4v) is 9.09. The van der Waals surface area contributed by atoms with E-state index in [2.05, 4.69) is 179 Å². The lowest BCUT2D eigenvalue weighted by atomic mass is 10.0. The normalized spacial score (nSPS) is 11.8. The highest BCUT2D eigenvalue weighted by atomic mass is 32.1. The summed E-state index contributed by atoms with van der Waals surface area (Å²) in [7, 11) is 0. The molecule has 0 N–H and O–H groups in total. The summed E-state index contributed by atoms with van der Waals surface area (Å²) in [5.41, 5.74) is 11.1. The van der Waals surface area contributed by atoms with Gasteiger partial charge in [-0.3, -0.25) is 0 Å². The third-order valence-electron chi connectivity index (χ3n) is 10.4. The molecule has 3 nitrogen and oxygen atoms in total. The molecular formula is C48H30N2OS. The Morgan fingerprint density at radius 3 is 1.87 bits per heavy atom. The molecule has 0 unspecified atom stereocenters. The van der Waals surface area contributed by atoms with Crippen LogP contribution >= 0.6 is 11.3 Å². The Balaban J connectivity index is 1.02. The van der Waals surface area contributed by atoms with Crippen LogP contribution in [0.5, 0.6) is 0 Å². The Morgan fingerprint density at radius 1 is 0.385 bits per heavy atom. The first kappa shape index (κ1) is 29.1. The zero-order valence-corrected chi connectivity index (χ0v) is 28.8. The maximum absolute atomic E-state index is 6.31. The number of rotatable bonds is 5. The van der Waals surface area contributed by atoms with E-state index in [1.807, 2.05) is 23.5 Å². The van der Waals surface area contributed by atoms with Crippen molar-refractivity contribution in [1.82, 2.24) is 4.57 Å². The number of thiophene rings is 1. The number of hydrogen-bond donors (Lipinski definition) is 0. The van der Waals surface area contributed by atoms with Crippen LogP contribution in [0.4, 0.5) is 17.1 Å². The maximum Gasteiger partial charge on any atom is 0.137 e. The smallest absolute Gasteiger partial charge is 0.137 e. The van der Waals surface area contributed by atoms with E-state index in [9.17, 15) is 0 Å². The van der Waals surface area contributed by atoms with Crippen molar-refractivity contribution in [3.63, 3.8) is 0 Å². The molecular weight excluding hydrogens is 653 g/mol. The van der Waals surface area contributed by atoms with Gasteiger partial charge in [-0.25, -0.2) is 0 Å². The summed E-state index contributed by atoms with van der Waals surface area (Å²) in [6.45, 7) is 0. The Labute approximate surface area is 303 Å². The van der Waals surface area contributed by atoms with E-state index in [4.69, 9.17) is 4.42 Å². The van der Waals surface area contributed by atoms with E-state index in [1.54, 1.807) is 0 Å². The van der Waals surface area contributed by atoms with Crippen molar-refractivity contribution in [1.29, 1.82) is 0 Å². The average Bonchev–Trinajstić information content (AvgIpc) is 3.87. The molecule has 0 aliphatic heterocycles. The van der Waals surface area contributed by atoms with Crippen LogP contribution < -0.4 is 4.90 Å². The first-order valence-electron chi connectivity index (χ1n) is 17.6. The second-order valence-electron chi connectivity index (χ2n) is 13.4. The molecule has 0 spiro atoms. The average molecular weight is 683 g/mol. The van der Waals surface area contributed by atoms with Crippen LogP contribution in [0.15, 0.2) is 186 Å². The number of fused-ring (bicyclic) bond motifs is 9. The van der Waals surface area contributed by atoms with Gasteiger partial charge in [0, 0.05) is 70.5 Å². The number of benzene rings is 8. The molecule has 0 aliphatic carbocycles. The van der Waals surface area contributed by atoms with E-state index in [-0.39, 0.29) is 0 Å². The van der Waals surface area contributed by atoms with Gasteiger partial charge in [-0.15, -0.1) is 11.3 Å². The molecule has 11 aromatic rings. The lowest BCUT2D eigenvalue weighted by molar-refractivity contribution is 0.669. The van der Waals surface area contributed by atoms with Crippen LogP contribution in [-0.2, 0) is 0 Å². The monoisotopic (exact) mass is 682 g/mol. The summed E-state index contributed by atoms with van der Waals surface area (Å²) >= 11 is 1.85. The zero-order chi connectivity index (χ0) is 34.2. The molecule has 3 heterocycles. The summed E-state index contributed by atoms with van der Waals surface area (Å²) in [6.07, 6.45) is 0. The standard InChI is InChI=1S/C48H30N2OS/c1-3-11-33(12-4-1)49(35-21-23-39-38-16-8-10-18-45(38)51-46(39)29-35)36-22-24-40-42-28-32(20-26-47(42)52-48(40)30-36)31-19-25-44-41(27-31)37-15-7-9-17-43(37)50(44)34-13-5-2-6-14-34/h1-30H. The van der Waals surface area contributed by atoms with Gasteiger partial charge in [0.25, 0.3) is 0 Å². The molecule has 0 amide bonds. The Kier molecular flexibility index (Phi) is 6.42. The fourth-order valence-electron chi connectivity index (χ4n) is 7.97. The van der Waals surface area contributed by atoms with Crippen molar-refractivity contribution < 1.29 is 4.42 Å². The zero-order valence-electron chi connectivity index (χ0n) is 28.0. The molecule has 0 fully saturated rings. The molecule has 0 radical (unpaired) electrons. The fraction of sp³-hybridized carbons (Fsp3) is 0. The van der Waals surface area contributed by atoms with Crippen LogP contribution in [0.1, 0.15) is 0 Å². The molecule has 244 valence electrons. The lowest BCUT2D eigenvalue weighted by Crippen LogP contribution is -2.09. The molecule has 0 bridgehead atoms. The quantitative estimate of drug-likeness (QED) is 0.180. The van der Waals surface area contributed by atoms with Gasteiger partial charge in [-0.1, -0.05) is 91.0 Å². The van der Waals surface area contributed by atoms with Gasteiger partial charge in [0.1, 0.15) is 11.2 Å². The summed E-state index contributed by atoms with van der Waals surface area (Å²) in [5.74, 6) is 0. The third-order valence-corrected chi connectivity index (χ3v) is 11.5. The number of furan rings is 1. The minimum absolute atomic E-state index is 0.887. The van der Waals surface area contributed by atoms with Crippen molar-refractivity contribution in [2.75, 3.05) is 4.90 Å². The first-order valence-corrected chi connectivity index (χ1v) is 18.4. The summed E-state index contributed by atoms with van der Waals surface area (Å²) in [5, 5.41) is 7.35. The molecule has 52 heavy (non-hydrogen) atoms. The second-order valence-corrected chi connectivity index (χ2v) is 14.4. The van der Waals surface area contributed by atoms with Crippen LogP contribution in [0.3, 0.4) is 0 Å². The largest absolute Gasteiger partial charge is 0.456 e. The molecule has 3 aromatic heterocycles. The minimum Gasteiger partial charge on any atom is -0.456 e. The Morgan fingerprint density at radius 2 is 1.02 bits per heavy atom. The molecule has 0 atom stereocenters.